The van der Waals surface area contributed by atoms with E-state index in [0.717, 1.165) is 69.6 Å². The van der Waals surface area contributed by atoms with Crippen molar-refractivity contribution in [3.8, 4) is 0 Å². The minimum absolute atomic E-state index is 0.286. The molecule has 160 valence electrons. The summed E-state index contributed by atoms with van der Waals surface area (Å²) in [6.07, 6.45) is 4.45. The van der Waals surface area contributed by atoms with Crippen LogP contribution in [0.5, 0.6) is 0 Å². The summed E-state index contributed by atoms with van der Waals surface area (Å²) in [5, 5.41) is 17.2. The number of guanidine groups is 1. The molecule has 29 heavy (non-hydrogen) atoms. The van der Waals surface area contributed by atoms with Crippen LogP contribution in [0.15, 0.2) is 22.5 Å². The zero-order valence-electron chi connectivity index (χ0n) is 17.4. The predicted octanol–water partition coefficient (Wildman–Crippen LogP) is 2.05. The minimum atomic E-state index is 0.286. The lowest BCUT2D eigenvalue weighted by atomic mass is 10.2. The maximum absolute atomic E-state index is 5.73. The van der Waals surface area contributed by atoms with Crippen molar-refractivity contribution in [2.24, 2.45) is 12.0 Å². The van der Waals surface area contributed by atoms with E-state index in [2.05, 4.69) is 43.3 Å². The van der Waals surface area contributed by atoms with Gasteiger partial charge in [-0.25, -0.2) is 4.99 Å². The molecule has 0 bridgehead atoms. The molecule has 0 spiro atoms. The van der Waals surface area contributed by atoms with E-state index in [-0.39, 0.29) is 6.10 Å². The molecule has 2 N–H and O–H groups in total. The molecule has 1 aliphatic heterocycles. The molecule has 1 aliphatic rings. The third-order valence-corrected chi connectivity index (χ3v) is 5.83. The summed E-state index contributed by atoms with van der Waals surface area (Å²) in [6, 6.07) is 4.24. The van der Waals surface area contributed by atoms with Crippen molar-refractivity contribution in [3.63, 3.8) is 0 Å². The Hall–Kier alpha value is -1.97. The molecule has 0 saturated carbocycles. The van der Waals surface area contributed by atoms with Gasteiger partial charge in [0.15, 0.2) is 11.8 Å². The molecule has 1 saturated heterocycles. The molecule has 2 aromatic rings. The molecule has 0 aliphatic carbocycles. The number of hydrogen-bond donors (Lipinski definition) is 2. The molecule has 1 fully saturated rings. The molecule has 1 unspecified atom stereocenters. The second-order valence-corrected chi connectivity index (χ2v) is 8.17. The maximum Gasteiger partial charge on any atom is 0.191 e. The highest BCUT2D eigenvalue weighted by molar-refractivity contribution is 7.09. The van der Waals surface area contributed by atoms with Crippen molar-refractivity contribution < 1.29 is 9.47 Å². The van der Waals surface area contributed by atoms with Gasteiger partial charge in [-0.05, 0) is 44.1 Å². The van der Waals surface area contributed by atoms with Gasteiger partial charge >= 0.3 is 0 Å². The van der Waals surface area contributed by atoms with Crippen LogP contribution in [0.3, 0.4) is 0 Å². The van der Waals surface area contributed by atoms with Crippen LogP contribution in [-0.2, 0) is 29.5 Å². The zero-order valence-corrected chi connectivity index (χ0v) is 18.2. The quantitative estimate of drug-likeness (QED) is 0.329. The topological polar surface area (TPSA) is 85.6 Å². The normalized spacial score (nSPS) is 17.0. The Labute approximate surface area is 176 Å². The largest absolute Gasteiger partial charge is 0.379 e. The van der Waals surface area contributed by atoms with E-state index in [9.17, 15) is 0 Å². The lowest BCUT2D eigenvalue weighted by Crippen LogP contribution is -2.39. The van der Waals surface area contributed by atoms with Crippen molar-refractivity contribution in [2.75, 3.05) is 32.9 Å². The van der Waals surface area contributed by atoms with E-state index in [0.29, 0.717) is 13.2 Å². The first-order valence-electron chi connectivity index (χ1n) is 10.3. The molecule has 0 aromatic carbocycles. The van der Waals surface area contributed by atoms with Gasteiger partial charge < -0.3 is 24.7 Å². The monoisotopic (exact) mass is 420 g/mol. The predicted molar refractivity (Wildman–Crippen MR) is 115 cm³/mol. The highest BCUT2D eigenvalue weighted by atomic mass is 32.1. The third kappa shape index (κ3) is 7.41. The van der Waals surface area contributed by atoms with E-state index in [1.807, 2.05) is 18.5 Å². The molecule has 0 amide bonds. The summed E-state index contributed by atoms with van der Waals surface area (Å²) in [5.74, 6) is 2.53. The Morgan fingerprint density at radius 1 is 1.38 bits per heavy atom. The van der Waals surface area contributed by atoms with Crippen LogP contribution in [0, 0.1) is 6.92 Å². The number of aromatic nitrogens is 3. The van der Waals surface area contributed by atoms with Gasteiger partial charge in [0.05, 0.1) is 12.7 Å². The average molecular weight is 421 g/mol. The Morgan fingerprint density at radius 2 is 2.28 bits per heavy atom. The Morgan fingerprint density at radius 3 is 3.00 bits per heavy atom. The van der Waals surface area contributed by atoms with E-state index >= 15 is 0 Å². The molecule has 0 radical (unpaired) electrons. The van der Waals surface area contributed by atoms with Crippen LogP contribution in [0.4, 0.5) is 0 Å². The molecule has 9 heteroatoms. The van der Waals surface area contributed by atoms with Crippen molar-refractivity contribution in [2.45, 2.75) is 45.3 Å². The van der Waals surface area contributed by atoms with Crippen molar-refractivity contribution in [3.05, 3.63) is 34.0 Å². The highest BCUT2D eigenvalue weighted by Crippen LogP contribution is 2.12. The van der Waals surface area contributed by atoms with Gasteiger partial charge in [0, 0.05) is 38.2 Å². The number of ether oxygens (including phenoxy) is 2. The first-order chi connectivity index (χ1) is 14.2. The lowest BCUT2D eigenvalue weighted by molar-refractivity contribution is 0.0168. The number of aryl methyl sites for hydroxylation is 1. The fourth-order valence-corrected chi connectivity index (χ4v) is 3.75. The summed E-state index contributed by atoms with van der Waals surface area (Å²) < 4.78 is 13.3. The molecule has 2 aromatic heterocycles. The first-order valence-corrected chi connectivity index (χ1v) is 11.2. The fourth-order valence-electron chi connectivity index (χ4n) is 3.04. The maximum atomic E-state index is 5.73. The van der Waals surface area contributed by atoms with Crippen LogP contribution in [0.25, 0.3) is 0 Å². The molecule has 3 rings (SSSR count). The standard InChI is InChI=1S/C20H32N6O2S/c1-16-24-25-19(26(16)2)14-23-20(22-10-8-18-7-4-13-29-18)21-9-5-11-27-15-17-6-3-12-28-17/h4,7,13,17H,3,5-6,8-12,14-15H2,1-2H3,(H2,21,22,23). The van der Waals surface area contributed by atoms with Gasteiger partial charge in [-0.1, -0.05) is 6.07 Å². The number of nitrogens with one attached hydrogen (secondary N) is 2. The van der Waals surface area contributed by atoms with Gasteiger partial charge in [-0.2, -0.15) is 0 Å². The Bertz CT molecular complexity index is 740. The van der Waals surface area contributed by atoms with E-state index in [1.165, 1.54) is 4.88 Å². The molecule has 8 nitrogen and oxygen atoms in total. The van der Waals surface area contributed by atoms with Crippen LogP contribution in [0.2, 0.25) is 0 Å². The average Bonchev–Trinajstić information content (AvgIpc) is 3.48. The fraction of sp³-hybridized carbons (Fsp3) is 0.650. The molecule has 3 heterocycles. The molecular formula is C20H32N6O2S. The second-order valence-electron chi connectivity index (χ2n) is 7.13. The van der Waals surface area contributed by atoms with Crippen molar-refractivity contribution >= 4 is 17.3 Å². The smallest absolute Gasteiger partial charge is 0.191 e. The van der Waals surface area contributed by atoms with E-state index in [4.69, 9.17) is 9.47 Å². The Balaban J connectivity index is 1.41. The zero-order chi connectivity index (χ0) is 20.3. The summed E-state index contributed by atoms with van der Waals surface area (Å²) in [4.78, 5) is 6.05. The summed E-state index contributed by atoms with van der Waals surface area (Å²) in [6.45, 7) is 6.35. The number of thiophene rings is 1. The molecule has 1 atom stereocenters. The van der Waals surface area contributed by atoms with Crippen molar-refractivity contribution in [1.29, 1.82) is 0 Å². The third-order valence-electron chi connectivity index (χ3n) is 4.89. The van der Waals surface area contributed by atoms with Crippen molar-refractivity contribution in [1.82, 2.24) is 25.4 Å². The van der Waals surface area contributed by atoms with Crippen LogP contribution in [-0.4, -0.2) is 59.7 Å². The van der Waals surface area contributed by atoms with Crippen LogP contribution >= 0.6 is 11.3 Å². The van der Waals surface area contributed by atoms with E-state index in [1.54, 1.807) is 11.3 Å². The summed E-state index contributed by atoms with van der Waals surface area (Å²) >= 11 is 1.78. The number of nitrogens with zero attached hydrogens (tertiary/aromatic N) is 4. The van der Waals surface area contributed by atoms with E-state index < -0.39 is 0 Å². The number of hydrogen-bond acceptors (Lipinski definition) is 6. The highest BCUT2D eigenvalue weighted by Gasteiger charge is 2.14. The SMILES string of the molecule is Cc1nnc(CN=C(NCCCOCC2CCCO2)NCCc2cccs2)n1C. The first kappa shape index (κ1) is 21.7. The second kappa shape index (κ2) is 11.9. The van der Waals surface area contributed by atoms with Crippen LogP contribution in [0.1, 0.15) is 35.8 Å². The summed E-state index contributed by atoms with van der Waals surface area (Å²) in [5.41, 5.74) is 0. The van der Waals surface area contributed by atoms with Gasteiger partial charge in [-0.3, -0.25) is 0 Å². The molecular weight excluding hydrogens is 388 g/mol. The van der Waals surface area contributed by atoms with Gasteiger partial charge in [0.2, 0.25) is 0 Å². The van der Waals surface area contributed by atoms with Gasteiger partial charge in [-0.15, -0.1) is 21.5 Å². The van der Waals surface area contributed by atoms with Crippen LogP contribution < -0.4 is 10.6 Å². The number of aliphatic imine (C=N–C) groups is 1. The summed E-state index contributed by atoms with van der Waals surface area (Å²) in [7, 11) is 1.96. The number of rotatable bonds is 11. The van der Waals surface area contributed by atoms with Gasteiger partial charge in [0.25, 0.3) is 0 Å². The van der Waals surface area contributed by atoms with Gasteiger partial charge in [0.1, 0.15) is 12.4 Å². The minimum Gasteiger partial charge on any atom is -0.379 e. The lowest BCUT2D eigenvalue weighted by Gasteiger charge is -2.13. The Kier molecular flexibility index (Phi) is 8.91.